The Bertz CT molecular complexity index is 828. The van der Waals surface area contributed by atoms with Gasteiger partial charge in [0, 0.05) is 6.42 Å². The second kappa shape index (κ2) is 5.67. The van der Waals surface area contributed by atoms with Gasteiger partial charge in [-0.2, -0.15) is 4.98 Å². The summed E-state index contributed by atoms with van der Waals surface area (Å²) in [4.78, 5) is 36.7. The fraction of sp³-hybridized carbons (Fsp3) is 0.500. The zero-order valence-electron chi connectivity index (χ0n) is 11.5. The number of phosphoric acid groups is 1. The van der Waals surface area contributed by atoms with Crippen molar-refractivity contribution < 1.29 is 33.1 Å². The first-order valence-corrected chi connectivity index (χ1v) is 7.94. The molecule has 0 amide bonds. The molecule has 1 saturated heterocycles. The molecule has 3 rings (SSSR count). The largest absolute Gasteiger partial charge is 0.469 e. The third-order valence-corrected chi connectivity index (χ3v) is 3.78. The van der Waals surface area contributed by atoms with Crippen molar-refractivity contribution in [3.63, 3.8) is 0 Å². The highest BCUT2D eigenvalue weighted by Gasteiger charge is 2.37. The van der Waals surface area contributed by atoms with Crippen LogP contribution in [0, 0.1) is 0 Å². The van der Waals surface area contributed by atoms with Crippen molar-refractivity contribution in [3.8, 4) is 0 Å². The first kappa shape index (κ1) is 16.1. The van der Waals surface area contributed by atoms with Crippen molar-refractivity contribution in [1.82, 2.24) is 14.5 Å². The Morgan fingerprint density at radius 1 is 1.52 bits per heavy atom. The summed E-state index contributed by atoms with van der Waals surface area (Å²) in [5.41, 5.74) is 4.70. The molecule has 0 aromatic carbocycles. The molecule has 12 nitrogen and oxygen atoms in total. The predicted molar refractivity (Wildman–Crippen MR) is 73.0 cm³/mol. The van der Waals surface area contributed by atoms with Crippen LogP contribution in [0.1, 0.15) is 12.6 Å². The second-order valence-corrected chi connectivity index (χ2v) is 6.12. The fourth-order valence-corrected chi connectivity index (χ4v) is 2.64. The standard InChI is InChI=1S/C10H13N4O8P/c11-10-13-8-7(9(16)22-10)12-3-14(8)6-1-4(15)5(21-6)2-20-23(17,18)19/h3-6,15H,1-2H2,(H2,11,13)(H2,17,18,19)/t4-,5+,6+/m0/s1. The molecule has 0 unspecified atom stereocenters. The molecule has 0 bridgehead atoms. The molecule has 1 aliphatic rings. The van der Waals surface area contributed by atoms with Gasteiger partial charge in [0.25, 0.3) is 6.01 Å². The van der Waals surface area contributed by atoms with E-state index in [1.54, 1.807) is 0 Å². The summed E-state index contributed by atoms with van der Waals surface area (Å²) in [5, 5.41) is 9.92. The van der Waals surface area contributed by atoms with Gasteiger partial charge in [-0.15, -0.1) is 0 Å². The predicted octanol–water partition coefficient (Wildman–Crippen LogP) is -1.28. The van der Waals surface area contributed by atoms with Crippen molar-refractivity contribution in [2.24, 2.45) is 0 Å². The van der Waals surface area contributed by atoms with Crippen molar-refractivity contribution in [2.45, 2.75) is 24.9 Å². The summed E-state index contributed by atoms with van der Waals surface area (Å²) in [5.74, 6) is 0. The van der Waals surface area contributed by atoms with Crippen molar-refractivity contribution in [2.75, 3.05) is 12.3 Å². The van der Waals surface area contributed by atoms with E-state index >= 15 is 0 Å². The van der Waals surface area contributed by atoms with E-state index in [0.29, 0.717) is 0 Å². The molecule has 5 N–H and O–H groups in total. The number of aliphatic hydroxyl groups excluding tert-OH is 1. The lowest BCUT2D eigenvalue weighted by atomic mass is 10.2. The molecule has 0 aliphatic carbocycles. The number of rotatable bonds is 4. The van der Waals surface area contributed by atoms with Gasteiger partial charge in [0.1, 0.15) is 12.3 Å². The number of hydrogen-bond acceptors (Lipinski definition) is 9. The number of aliphatic hydroxyl groups is 1. The maximum atomic E-state index is 11.6. The Balaban J connectivity index is 1.84. The number of nitrogens with two attached hydrogens (primary N) is 1. The summed E-state index contributed by atoms with van der Waals surface area (Å²) in [6.45, 7) is -0.494. The van der Waals surface area contributed by atoms with Crippen LogP contribution in [-0.4, -0.2) is 48.2 Å². The molecule has 0 spiro atoms. The average molecular weight is 348 g/mol. The van der Waals surface area contributed by atoms with Crippen LogP contribution in [-0.2, 0) is 13.8 Å². The topological polar surface area (TPSA) is 183 Å². The van der Waals surface area contributed by atoms with Gasteiger partial charge in [-0.1, -0.05) is 0 Å². The van der Waals surface area contributed by atoms with E-state index in [9.17, 15) is 14.5 Å². The molecule has 2 aromatic heterocycles. The Morgan fingerprint density at radius 2 is 2.26 bits per heavy atom. The van der Waals surface area contributed by atoms with E-state index < -0.39 is 38.5 Å². The summed E-state index contributed by atoms with van der Waals surface area (Å²) in [6.07, 6.45) is -1.38. The van der Waals surface area contributed by atoms with E-state index in [2.05, 4.69) is 18.9 Å². The van der Waals surface area contributed by atoms with E-state index in [4.69, 9.17) is 20.3 Å². The molecule has 0 radical (unpaired) electrons. The molecular weight excluding hydrogens is 335 g/mol. The van der Waals surface area contributed by atoms with E-state index in [1.807, 2.05) is 0 Å². The highest BCUT2D eigenvalue weighted by Crippen LogP contribution is 2.38. The number of hydrogen-bond donors (Lipinski definition) is 4. The summed E-state index contributed by atoms with van der Waals surface area (Å²) >= 11 is 0. The van der Waals surface area contributed by atoms with Crippen molar-refractivity contribution in [1.29, 1.82) is 0 Å². The van der Waals surface area contributed by atoms with Gasteiger partial charge < -0.3 is 29.8 Å². The van der Waals surface area contributed by atoms with Gasteiger partial charge in [-0.3, -0.25) is 9.09 Å². The fourth-order valence-electron chi connectivity index (χ4n) is 2.30. The monoisotopic (exact) mass is 348 g/mol. The molecule has 126 valence electrons. The number of anilines is 1. The van der Waals surface area contributed by atoms with Crippen LogP contribution in [0.4, 0.5) is 6.01 Å². The maximum Gasteiger partial charge on any atom is 0.469 e. The zero-order valence-corrected chi connectivity index (χ0v) is 12.4. The zero-order chi connectivity index (χ0) is 16.8. The van der Waals surface area contributed by atoms with Gasteiger partial charge in [0.2, 0.25) is 0 Å². The molecule has 1 fully saturated rings. The van der Waals surface area contributed by atoms with E-state index in [-0.39, 0.29) is 23.6 Å². The highest BCUT2D eigenvalue weighted by molar-refractivity contribution is 7.46. The minimum atomic E-state index is -4.67. The Morgan fingerprint density at radius 3 is 2.96 bits per heavy atom. The normalized spacial score (nSPS) is 25.3. The molecular formula is C10H13N4O8P. The number of imidazole rings is 1. The maximum absolute atomic E-state index is 11.6. The summed E-state index contributed by atoms with van der Waals surface area (Å²) in [6, 6.07) is -0.343. The van der Waals surface area contributed by atoms with Gasteiger partial charge >= 0.3 is 13.4 Å². The number of nitrogen functional groups attached to an aromatic ring is 1. The smallest absolute Gasteiger partial charge is 0.390 e. The van der Waals surface area contributed by atoms with Gasteiger partial charge in [0.15, 0.2) is 11.2 Å². The molecule has 23 heavy (non-hydrogen) atoms. The SMILES string of the molecule is Nc1nc2c(ncn2[C@H]2C[C@H](O)[C@@H](COP(=O)(O)O)O2)c(=O)o1. The summed E-state index contributed by atoms with van der Waals surface area (Å²) < 4.78 is 26.5. The molecule has 13 heteroatoms. The second-order valence-electron chi connectivity index (χ2n) is 4.88. The molecule has 0 saturated carbocycles. The number of nitrogens with zero attached hydrogens (tertiary/aromatic N) is 3. The van der Waals surface area contributed by atoms with Crippen LogP contribution in [0.3, 0.4) is 0 Å². The third-order valence-electron chi connectivity index (χ3n) is 3.30. The molecule has 2 aromatic rings. The van der Waals surface area contributed by atoms with Gasteiger partial charge in [-0.25, -0.2) is 14.3 Å². The van der Waals surface area contributed by atoms with Crippen LogP contribution in [0.2, 0.25) is 0 Å². The van der Waals surface area contributed by atoms with Crippen molar-refractivity contribution in [3.05, 3.63) is 16.7 Å². The van der Waals surface area contributed by atoms with E-state index in [1.165, 1.54) is 10.9 Å². The number of phosphoric ester groups is 1. The Kier molecular flexibility index (Phi) is 3.96. The first-order chi connectivity index (χ1) is 10.7. The van der Waals surface area contributed by atoms with Crippen LogP contribution in [0.25, 0.3) is 11.2 Å². The lowest BCUT2D eigenvalue weighted by Gasteiger charge is -2.16. The van der Waals surface area contributed by atoms with Gasteiger partial charge in [0.05, 0.1) is 19.0 Å². The Hall–Kier alpha value is -1.82. The number of aromatic nitrogens is 3. The van der Waals surface area contributed by atoms with Crippen LogP contribution in [0.15, 0.2) is 15.5 Å². The van der Waals surface area contributed by atoms with Gasteiger partial charge in [-0.05, 0) is 0 Å². The highest BCUT2D eigenvalue weighted by atomic mass is 31.2. The van der Waals surface area contributed by atoms with Crippen LogP contribution >= 0.6 is 7.82 Å². The van der Waals surface area contributed by atoms with Crippen LogP contribution in [0.5, 0.6) is 0 Å². The van der Waals surface area contributed by atoms with Crippen LogP contribution < -0.4 is 11.4 Å². The lowest BCUT2D eigenvalue weighted by Crippen LogP contribution is -2.25. The Labute approximate surface area is 127 Å². The molecule has 3 atom stereocenters. The minimum absolute atomic E-state index is 0.0489. The lowest BCUT2D eigenvalue weighted by molar-refractivity contribution is -0.0424. The molecule has 1 aliphatic heterocycles. The molecule has 3 heterocycles. The quantitative estimate of drug-likeness (QED) is 0.483. The number of ether oxygens (including phenoxy) is 1. The summed E-state index contributed by atoms with van der Waals surface area (Å²) in [7, 11) is -4.67. The van der Waals surface area contributed by atoms with Crippen molar-refractivity contribution >= 4 is 25.0 Å². The third kappa shape index (κ3) is 3.27. The number of fused-ring (bicyclic) bond motifs is 1. The first-order valence-electron chi connectivity index (χ1n) is 6.41. The van der Waals surface area contributed by atoms with E-state index in [0.717, 1.165) is 0 Å². The average Bonchev–Trinajstić information content (AvgIpc) is 2.99. The minimum Gasteiger partial charge on any atom is -0.390 e.